The van der Waals surface area contributed by atoms with Crippen molar-refractivity contribution < 1.29 is 9.47 Å². The van der Waals surface area contributed by atoms with Gasteiger partial charge in [0.05, 0.1) is 28.8 Å². The van der Waals surface area contributed by atoms with Gasteiger partial charge in [-0.3, -0.25) is 0 Å². The first kappa shape index (κ1) is 14.5. The molecule has 1 unspecified atom stereocenters. The Kier molecular flexibility index (Phi) is 3.36. The highest BCUT2D eigenvalue weighted by molar-refractivity contribution is 7.17. The second-order valence-electron chi connectivity index (χ2n) is 5.39. The fraction of sp³-hybridized carbons (Fsp3) is 0.111. The summed E-state index contributed by atoms with van der Waals surface area (Å²) in [5, 5.41) is 9.61. The lowest BCUT2D eigenvalue weighted by Gasteiger charge is -2.26. The molecular formula is C18H13N3O2S. The average Bonchev–Trinajstić information content (AvgIpc) is 3.09. The highest BCUT2D eigenvalue weighted by Gasteiger charge is 2.32. The third-order valence-corrected chi connectivity index (χ3v) is 4.95. The molecule has 2 aromatic carbocycles. The topological polar surface area (TPSA) is 81.2 Å². The van der Waals surface area contributed by atoms with Crippen LogP contribution in [0.1, 0.15) is 17.0 Å². The number of rotatable bonds is 2. The van der Waals surface area contributed by atoms with Gasteiger partial charge < -0.3 is 15.2 Å². The summed E-state index contributed by atoms with van der Waals surface area (Å²) in [4.78, 5) is 4.31. The van der Waals surface area contributed by atoms with E-state index in [2.05, 4.69) is 11.1 Å². The number of fused-ring (bicyclic) bond motifs is 3. The maximum Gasteiger partial charge on any atom is 0.205 e. The first-order valence-electron chi connectivity index (χ1n) is 7.30. The number of ether oxygens (including phenoxy) is 2. The largest absolute Gasteiger partial charge is 0.497 e. The summed E-state index contributed by atoms with van der Waals surface area (Å²) in [5.74, 6) is 1.26. The van der Waals surface area contributed by atoms with E-state index in [9.17, 15) is 5.26 Å². The second kappa shape index (κ2) is 5.55. The number of hydrogen-bond acceptors (Lipinski definition) is 6. The molecule has 3 aromatic rings. The fourth-order valence-corrected chi connectivity index (χ4v) is 3.78. The average molecular weight is 335 g/mol. The number of allylic oxidation sites excluding steroid dienone is 1. The van der Waals surface area contributed by atoms with E-state index in [0.29, 0.717) is 11.3 Å². The van der Waals surface area contributed by atoms with E-state index >= 15 is 0 Å². The van der Waals surface area contributed by atoms with Crippen molar-refractivity contribution in [2.75, 3.05) is 7.11 Å². The van der Waals surface area contributed by atoms with Gasteiger partial charge in [0.25, 0.3) is 0 Å². The quantitative estimate of drug-likeness (QED) is 0.775. The van der Waals surface area contributed by atoms with Crippen LogP contribution in [0.25, 0.3) is 10.2 Å². The van der Waals surface area contributed by atoms with Crippen LogP contribution < -0.4 is 15.2 Å². The van der Waals surface area contributed by atoms with Crippen LogP contribution in [0, 0.1) is 11.3 Å². The lowest BCUT2D eigenvalue weighted by atomic mass is 9.83. The lowest BCUT2D eigenvalue weighted by Crippen LogP contribution is -2.21. The van der Waals surface area contributed by atoms with Gasteiger partial charge in [-0.15, -0.1) is 11.3 Å². The first-order chi connectivity index (χ1) is 11.7. The molecule has 1 aromatic heterocycles. The van der Waals surface area contributed by atoms with Crippen LogP contribution in [0.3, 0.4) is 0 Å². The molecule has 1 aliphatic rings. The van der Waals surface area contributed by atoms with Crippen LogP contribution in [0.5, 0.6) is 11.5 Å². The minimum Gasteiger partial charge on any atom is -0.497 e. The maximum absolute atomic E-state index is 9.61. The summed E-state index contributed by atoms with van der Waals surface area (Å²) in [6, 6.07) is 13.7. The summed E-state index contributed by atoms with van der Waals surface area (Å²) in [5.41, 5.74) is 10.9. The minimum absolute atomic E-state index is 0.138. The van der Waals surface area contributed by atoms with Crippen LogP contribution in [0.2, 0.25) is 0 Å². The Hall–Kier alpha value is -3.04. The molecule has 6 heteroatoms. The van der Waals surface area contributed by atoms with Crippen LogP contribution in [-0.4, -0.2) is 12.1 Å². The van der Waals surface area contributed by atoms with E-state index in [4.69, 9.17) is 15.2 Å². The highest BCUT2D eigenvalue weighted by Crippen LogP contribution is 2.46. The number of hydrogen-bond donors (Lipinski definition) is 1. The molecule has 24 heavy (non-hydrogen) atoms. The predicted molar refractivity (Wildman–Crippen MR) is 91.9 cm³/mol. The number of aromatic nitrogens is 1. The molecule has 0 radical (unpaired) electrons. The Morgan fingerprint density at radius 3 is 3.00 bits per heavy atom. The summed E-state index contributed by atoms with van der Waals surface area (Å²) in [6.45, 7) is 0. The summed E-state index contributed by atoms with van der Waals surface area (Å²) >= 11 is 1.50. The fourth-order valence-electron chi connectivity index (χ4n) is 3.00. The highest BCUT2D eigenvalue weighted by atomic mass is 32.1. The molecule has 1 atom stereocenters. The van der Waals surface area contributed by atoms with Crippen molar-refractivity contribution in [1.82, 2.24) is 4.98 Å². The van der Waals surface area contributed by atoms with Gasteiger partial charge in [-0.25, -0.2) is 4.98 Å². The zero-order valence-electron chi connectivity index (χ0n) is 12.8. The van der Waals surface area contributed by atoms with E-state index in [1.807, 2.05) is 36.4 Å². The van der Waals surface area contributed by atoms with Crippen molar-refractivity contribution in [1.29, 1.82) is 5.26 Å². The number of nitriles is 1. The van der Waals surface area contributed by atoms with Gasteiger partial charge in [-0.1, -0.05) is 18.2 Å². The standard InChI is InChI=1S/C18H13N3O2S/c1-22-11-4-2-3-10(7-11)15-12-5-6-14-17(24-9-21-14)16(12)23-18(20)13(15)8-19/h2-7,9,15H,20H2,1H3. The van der Waals surface area contributed by atoms with Gasteiger partial charge in [0.2, 0.25) is 5.88 Å². The van der Waals surface area contributed by atoms with E-state index in [0.717, 1.165) is 27.1 Å². The van der Waals surface area contributed by atoms with Gasteiger partial charge in [0.1, 0.15) is 17.4 Å². The number of nitrogens with two attached hydrogens (primary N) is 1. The Morgan fingerprint density at radius 2 is 2.21 bits per heavy atom. The van der Waals surface area contributed by atoms with E-state index in [1.54, 1.807) is 12.6 Å². The van der Waals surface area contributed by atoms with Gasteiger partial charge in [0.15, 0.2) is 5.75 Å². The van der Waals surface area contributed by atoms with Crippen molar-refractivity contribution in [3.05, 3.63) is 64.5 Å². The molecule has 0 amide bonds. The molecule has 1 aliphatic heterocycles. The maximum atomic E-state index is 9.61. The Labute approximate surface area is 142 Å². The second-order valence-corrected chi connectivity index (χ2v) is 6.24. The Morgan fingerprint density at radius 1 is 1.33 bits per heavy atom. The van der Waals surface area contributed by atoms with Crippen LogP contribution >= 0.6 is 11.3 Å². The van der Waals surface area contributed by atoms with E-state index < -0.39 is 0 Å². The normalized spacial score (nSPS) is 16.4. The number of methoxy groups -OCH3 is 1. The molecule has 5 nitrogen and oxygen atoms in total. The van der Waals surface area contributed by atoms with Gasteiger partial charge >= 0.3 is 0 Å². The smallest absolute Gasteiger partial charge is 0.205 e. The van der Waals surface area contributed by atoms with Crippen molar-refractivity contribution in [2.45, 2.75) is 5.92 Å². The molecule has 2 N–H and O–H groups in total. The molecule has 2 heterocycles. The van der Waals surface area contributed by atoms with Crippen molar-refractivity contribution in [2.24, 2.45) is 5.73 Å². The third kappa shape index (κ3) is 2.10. The molecule has 0 fully saturated rings. The monoisotopic (exact) mass is 335 g/mol. The van der Waals surface area contributed by atoms with Gasteiger partial charge in [-0.2, -0.15) is 5.26 Å². The summed E-state index contributed by atoms with van der Waals surface area (Å²) in [6.07, 6.45) is 0. The van der Waals surface area contributed by atoms with Crippen molar-refractivity contribution in [3.8, 4) is 17.6 Å². The summed E-state index contributed by atoms with van der Waals surface area (Å²) < 4.78 is 12.0. The predicted octanol–water partition coefficient (Wildman–Crippen LogP) is 3.52. The Balaban J connectivity index is 1.99. The molecule has 0 saturated heterocycles. The summed E-state index contributed by atoms with van der Waals surface area (Å²) in [7, 11) is 1.62. The van der Waals surface area contributed by atoms with E-state index in [1.165, 1.54) is 11.3 Å². The third-order valence-electron chi connectivity index (χ3n) is 4.11. The molecule has 4 rings (SSSR count). The molecule has 0 bridgehead atoms. The van der Waals surface area contributed by atoms with Gasteiger partial charge in [0, 0.05) is 5.56 Å². The van der Waals surface area contributed by atoms with Crippen LogP contribution in [0.4, 0.5) is 0 Å². The molecule has 118 valence electrons. The van der Waals surface area contributed by atoms with Gasteiger partial charge in [-0.05, 0) is 23.8 Å². The molecule has 0 aliphatic carbocycles. The number of benzene rings is 2. The molecule has 0 saturated carbocycles. The first-order valence-corrected chi connectivity index (χ1v) is 8.18. The zero-order chi connectivity index (χ0) is 16.7. The van der Waals surface area contributed by atoms with E-state index in [-0.39, 0.29) is 11.8 Å². The zero-order valence-corrected chi connectivity index (χ0v) is 13.6. The lowest BCUT2D eigenvalue weighted by molar-refractivity contribution is 0.398. The van der Waals surface area contributed by atoms with Crippen molar-refractivity contribution in [3.63, 3.8) is 0 Å². The van der Waals surface area contributed by atoms with Crippen molar-refractivity contribution >= 4 is 21.6 Å². The Bertz CT molecular complexity index is 1020. The number of nitrogens with zero attached hydrogens (tertiary/aromatic N) is 2. The molecule has 0 spiro atoms. The van der Waals surface area contributed by atoms with Crippen LogP contribution in [-0.2, 0) is 0 Å². The van der Waals surface area contributed by atoms with Crippen LogP contribution in [0.15, 0.2) is 53.4 Å². The molecular weight excluding hydrogens is 322 g/mol. The minimum atomic E-state index is -0.291. The number of thiazole rings is 1. The SMILES string of the molecule is COc1cccc(C2C(C#N)=C(N)Oc3c2ccc2ncsc32)c1.